The number of halogens is 1. The predicted molar refractivity (Wildman–Crippen MR) is 92.3 cm³/mol. The fraction of sp³-hybridized carbons (Fsp3) is 0.533. The average Bonchev–Trinajstić information content (AvgIpc) is 2.49. The number of hydrogen-bond donors (Lipinski definition) is 1. The molecule has 23 heavy (non-hydrogen) atoms. The summed E-state index contributed by atoms with van der Waals surface area (Å²) in [6.07, 6.45) is -0.0588. The molecule has 8 heteroatoms. The molecule has 1 saturated heterocycles. The third kappa shape index (κ3) is 5.17. The number of nitrogens with one attached hydrogen (secondary N) is 1. The minimum atomic E-state index is -3.39. The Morgan fingerprint density at radius 1 is 1.26 bits per heavy atom. The van der Waals surface area contributed by atoms with Gasteiger partial charge in [-0.15, -0.1) is 0 Å². The quantitative estimate of drug-likeness (QED) is 0.866. The standard InChI is InChI=1S/C15H22ClN3O3S/c1-12-11-13(16)3-4-14(12)17-15(20)5-10-23(21,22)19-8-6-18(2)7-9-19/h3-4,11H,5-10H2,1-2H3,(H,17,20). The van der Waals surface area contributed by atoms with Crippen LogP contribution in [0.1, 0.15) is 12.0 Å². The molecule has 0 atom stereocenters. The Hall–Kier alpha value is -1.15. The number of sulfonamides is 1. The molecule has 1 aromatic rings. The van der Waals surface area contributed by atoms with Crippen LogP contribution in [0.15, 0.2) is 18.2 Å². The second kappa shape index (κ2) is 7.61. The van der Waals surface area contributed by atoms with Gasteiger partial charge in [0.2, 0.25) is 15.9 Å². The first-order valence-corrected chi connectivity index (χ1v) is 9.49. The number of carbonyl (C=O) groups excluding carboxylic acids is 1. The lowest BCUT2D eigenvalue weighted by molar-refractivity contribution is -0.115. The summed E-state index contributed by atoms with van der Waals surface area (Å²) in [5, 5.41) is 3.33. The fourth-order valence-electron chi connectivity index (χ4n) is 2.40. The Bertz CT molecular complexity index is 671. The first-order valence-electron chi connectivity index (χ1n) is 7.50. The molecule has 0 spiro atoms. The molecule has 0 bridgehead atoms. The Kier molecular flexibility index (Phi) is 6.02. The Labute approximate surface area is 142 Å². The summed E-state index contributed by atoms with van der Waals surface area (Å²) in [7, 11) is -1.42. The zero-order chi connectivity index (χ0) is 17.0. The van der Waals surface area contributed by atoms with Crippen LogP contribution in [-0.4, -0.2) is 62.5 Å². The number of rotatable bonds is 5. The molecule has 0 radical (unpaired) electrons. The van der Waals surface area contributed by atoms with Gasteiger partial charge in [-0.05, 0) is 37.7 Å². The van der Waals surface area contributed by atoms with Crippen molar-refractivity contribution in [1.29, 1.82) is 0 Å². The van der Waals surface area contributed by atoms with Gasteiger partial charge in [0.1, 0.15) is 0 Å². The smallest absolute Gasteiger partial charge is 0.225 e. The molecule has 0 saturated carbocycles. The number of piperazine rings is 1. The van der Waals surface area contributed by atoms with Crippen LogP contribution in [0, 0.1) is 6.92 Å². The maximum atomic E-state index is 12.3. The van der Waals surface area contributed by atoms with Gasteiger partial charge in [-0.1, -0.05) is 11.6 Å². The van der Waals surface area contributed by atoms with Crippen molar-refractivity contribution < 1.29 is 13.2 Å². The normalized spacial score (nSPS) is 17.2. The number of amides is 1. The van der Waals surface area contributed by atoms with Crippen molar-refractivity contribution in [2.24, 2.45) is 0 Å². The van der Waals surface area contributed by atoms with E-state index in [0.717, 1.165) is 18.7 Å². The van der Waals surface area contributed by atoms with Gasteiger partial charge in [0, 0.05) is 43.3 Å². The number of aryl methyl sites for hydroxylation is 1. The van der Waals surface area contributed by atoms with Crippen LogP contribution >= 0.6 is 11.6 Å². The number of likely N-dealkylation sites (N-methyl/N-ethyl adjacent to an activating group) is 1. The molecule has 2 rings (SSSR count). The van der Waals surface area contributed by atoms with Gasteiger partial charge in [-0.25, -0.2) is 8.42 Å². The molecule has 1 heterocycles. The SMILES string of the molecule is Cc1cc(Cl)ccc1NC(=O)CCS(=O)(=O)N1CCN(C)CC1. The molecule has 0 unspecified atom stereocenters. The highest BCUT2D eigenvalue weighted by molar-refractivity contribution is 7.89. The molecular weight excluding hydrogens is 338 g/mol. The predicted octanol–water partition coefficient (Wildman–Crippen LogP) is 1.55. The minimum Gasteiger partial charge on any atom is -0.326 e. The number of benzene rings is 1. The zero-order valence-electron chi connectivity index (χ0n) is 13.4. The topological polar surface area (TPSA) is 69.7 Å². The Balaban J connectivity index is 1.88. The number of anilines is 1. The van der Waals surface area contributed by atoms with Crippen LogP contribution in [0.3, 0.4) is 0 Å². The van der Waals surface area contributed by atoms with Gasteiger partial charge in [-0.2, -0.15) is 4.31 Å². The minimum absolute atomic E-state index is 0.0588. The molecule has 1 aliphatic heterocycles. The molecule has 0 aliphatic carbocycles. The first kappa shape index (κ1) is 18.2. The van der Waals surface area contributed by atoms with Gasteiger partial charge in [-0.3, -0.25) is 4.79 Å². The monoisotopic (exact) mass is 359 g/mol. The van der Waals surface area contributed by atoms with Crippen molar-refractivity contribution in [3.8, 4) is 0 Å². The van der Waals surface area contributed by atoms with Crippen LogP contribution in [0.25, 0.3) is 0 Å². The first-order chi connectivity index (χ1) is 10.8. The van der Waals surface area contributed by atoms with E-state index in [4.69, 9.17) is 11.6 Å². The van der Waals surface area contributed by atoms with E-state index in [1.807, 2.05) is 14.0 Å². The van der Waals surface area contributed by atoms with Gasteiger partial charge in [0.15, 0.2) is 0 Å². The summed E-state index contributed by atoms with van der Waals surface area (Å²) in [6, 6.07) is 5.15. The third-order valence-electron chi connectivity index (χ3n) is 3.91. The van der Waals surface area contributed by atoms with E-state index in [0.29, 0.717) is 23.8 Å². The summed E-state index contributed by atoms with van der Waals surface area (Å²) >= 11 is 5.87. The van der Waals surface area contributed by atoms with E-state index >= 15 is 0 Å². The van der Waals surface area contributed by atoms with E-state index in [1.165, 1.54) is 4.31 Å². The molecule has 1 fully saturated rings. The summed E-state index contributed by atoms with van der Waals surface area (Å²) in [4.78, 5) is 14.1. The second-order valence-corrected chi connectivity index (χ2v) is 8.30. The van der Waals surface area contributed by atoms with Crippen LogP contribution in [0.2, 0.25) is 5.02 Å². The highest BCUT2D eigenvalue weighted by Gasteiger charge is 2.26. The molecule has 1 N–H and O–H groups in total. The van der Waals surface area contributed by atoms with E-state index in [9.17, 15) is 13.2 Å². The summed E-state index contributed by atoms with van der Waals surface area (Å²) in [5.74, 6) is -0.483. The van der Waals surface area contributed by atoms with Crippen molar-refractivity contribution in [3.63, 3.8) is 0 Å². The number of nitrogens with zero attached hydrogens (tertiary/aromatic N) is 2. The maximum absolute atomic E-state index is 12.3. The molecule has 128 valence electrons. The third-order valence-corrected chi connectivity index (χ3v) is 6.01. The lowest BCUT2D eigenvalue weighted by Gasteiger charge is -2.31. The van der Waals surface area contributed by atoms with E-state index in [1.54, 1.807) is 18.2 Å². The summed E-state index contributed by atoms with van der Waals surface area (Å²) in [6.45, 7) is 4.24. The van der Waals surface area contributed by atoms with Crippen molar-refractivity contribution in [3.05, 3.63) is 28.8 Å². The van der Waals surface area contributed by atoms with E-state index < -0.39 is 10.0 Å². The van der Waals surface area contributed by atoms with Gasteiger partial charge < -0.3 is 10.2 Å². The average molecular weight is 360 g/mol. The Morgan fingerprint density at radius 3 is 2.52 bits per heavy atom. The lowest BCUT2D eigenvalue weighted by atomic mass is 10.2. The highest BCUT2D eigenvalue weighted by Crippen LogP contribution is 2.19. The lowest BCUT2D eigenvalue weighted by Crippen LogP contribution is -2.48. The van der Waals surface area contributed by atoms with Crippen LogP contribution in [0.4, 0.5) is 5.69 Å². The van der Waals surface area contributed by atoms with E-state index in [-0.39, 0.29) is 18.1 Å². The maximum Gasteiger partial charge on any atom is 0.225 e. The van der Waals surface area contributed by atoms with Crippen LogP contribution < -0.4 is 5.32 Å². The summed E-state index contributed by atoms with van der Waals surface area (Å²) < 4.78 is 26.0. The van der Waals surface area contributed by atoms with Crippen molar-refractivity contribution >= 4 is 33.2 Å². The summed E-state index contributed by atoms with van der Waals surface area (Å²) in [5.41, 5.74) is 1.49. The van der Waals surface area contributed by atoms with E-state index in [2.05, 4.69) is 10.2 Å². The molecule has 1 aromatic carbocycles. The Morgan fingerprint density at radius 2 is 1.91 bits per heavy atom. The van der Waals surface area contributed by atoms with Crippen molar-refractivity contribution in [1.82, 2.24) is 9.21 Å². The van der Waals surface area contributed by atoms with Crippen LogP contribution in [0.5, 0.6) is 0 Å². The second-order valence-electron chi connectivity index (χ2n) is 5.78. The van der Waals surface area contributed by atoms with Crippen molar-refractivity contribution in [2.75, 3.05) is 44.3 Å². The largest absolute Gasteiger partial charge is 0.326 e. The van der Waals surface area contributed by atoms with Gasteiger partial charge in [0.25, 0.3) is 0 Å². The van der Waals surface area contributed by atoms with Crippen molar-refractivity contribution in [2.45, 2.75) is 13.3 Å². The number of hydrogen-bond acceptors (Lipinski definition) is 4. The van der Waals surface area contributed by atoms with Gasteiger partial charge in [0.05, 0.1) is 5.75 Å². The number of carbonyl (C=O) groups is 1. The van der Waals surface area contributed by atoms with Gasteiger partial charge >= 0.3 is 0 Å². The molecule has 6 nitrogen and oxygen atoms in total. The molecular formula is C15H22ClN3O3S. The van der Waals surface area contributed by atoms with Crippen LogP contribution in [-0.2, 0) is 14.8 Å². The molecule has 1 amide bonds. The fourth-order valence-corrected chi connectivity index (χ4v) is 4.04. The highest BCUT2D eigenvalue weighted by atomic mass is 35.5. The zero-order valence-corrected chi connectivity index (χ0v) is 15.0. The molecule has 1 aliphatic rings. The molecule has 0 aromatic heterocycles.